The van der Waals surface area contributed by atoms with Gasteiger partial charge < -0.3 is 10.1 Å². The highest BCUT2D eigenvalue weighted by Crippen LogP contribution is 2.55. The first-order chi connectivity index (χ1) is 14.8. The Balaban J connectivity index is 1.25. The number of esters is 1. The summed E-state index contributed by atoms with van der Waals surface area (Å²) in [6, 6.07) is 7.08. The minimum atomic E-state index is -0.862. The van der Waals surface area contributed by atoms with Crippen molar-refractivity contribution < 1.29 is 14.3 Å². The van der Waals surface area contributed by atoms with Crippen molar-refractivity contribution in [3.63, 3.8) is 0 Å². The van der Waals surface area contributed by atoms with E-state index in [0.29, 0.717) is 16.5 Å². The third-order valence-corrected chi connectivity index (χ3v) is 7.45. The number of nitrogens with one attached hydrogen (secondary N) is 1. The van der Waals surface area contributed by atoms with Crippen LogP contribution in [0, 0.1) is 17.8 Å². The number of rotatable bonds is 5. The van der Waals surface area contributed by atoms with Crippen LogP contribution in [0.5, 0.6) is 0 Å². The summed E-state index contributed by atoms with van der Waals surface area (Å²) in [4.78, 5) is 37.7. The molecule has 1 aromatic carbocycles. The molecule has 0 aliphatic heterocycles. The quantitative estimate of drug-likeness (QED) is 0.747. The zero-order valence-corrected chi connectivity index (χ0v) is 18.1. The van der Waals surface area contributed by atoms with Crippen LogP contribution in [-0.4, -0.2) is 33.3 Å². The summed E-state index contributed by atoms with van der Waals surface area (Å²) in [6.07, 6.45) is 6.13. The van der Waals surface area contributed by atoms with E-state index in [1.54, 1.807) is 38.2 Å². The molecule has 4 saturated carbocycles. The van der Waals surface area contributed by atoms with E-state index in [-0.39, 0.29) is 23.4 Å². The van der Waals surface area contributed by atoms with E-state index in [2.05, 4.69) is 10.4 Å². The smallest absolute Gasteiger partial charge is 0.312 e. The van der Waals surface area contributed by atoms with Gasteiger partial charge in [-0.2, -0.15) is 5.10 Å². The summed E-state index contributed by atoms with van der Waals surface area (Å²) < 4.78 is 6.70. The summed E-state index contributed by atoms with van der Waals surface area (Å²) in [5.74, 6) is 1.45. The van der Waals surface area contributed by atoms with Crippen molar-refractivity contribution in [2.24, 2.45) is 24.8 Å². The van der Waals surface area contributed by atoms with Gasteiger partial charge in [0, 0.05) is 18.0 Å². The zero-order chi connectivity index (χ0) is 21.8. The largest absolute Gasteiger partial charge is 0.452 e. The Morgan fingerprint density at radius 3 is 2.32 bits per heavy atom. The third-order valence-electron chi connectivity index (χ3n) is 7.45. The maximum Gasteiger partial charge on any atom is 0.312 e. The summed E-state index contributed by atoms with van der Waals surface area (Å²) >= 11 is 0. The van der Waals surface area contributed by atoms with Gasteiger partial charge in [-0.05, 0) is 69.3 Å². The van der Waals surface area contributed by atoms with Gasteiger partial charge >= 0.3 is 5.97 Å². The molecule has 4 aliphatic carbocycles. The van der Waals surface area contributed by atoms with Gasteiger partial charge in [0.05, 0.1) is 17.5 Å². The Bertz CT molecular complexity index is 1070. The van der Waals surface area contributed by atoms with Crippen molar-refractivity contribution in [3.8, 4) is 0 Å². The van der Waals surface area contributed by atoms with Crippen molar-refractivity contribution in [2.75, 3.05) is 0 Å². The lowest BCUT2D eigenvalue weighted by atomic mass is 9.53. The zero-order valence-electron chi connectivity index (χ0n) is 18.1. The van der Waals surface area contributed by atoms with Crippen molar-refractivity contribution in [1.82, 2.24) is 15.1 Å². The van der Waals surface area contributed by atoms with Gasteiger partial charge in [-0.3, -0.25) is 14.4 Å². The second-order valence-corrected chi connectivity index (χ2v) is 9.92. The molecule has 0 saturated heterocycles. The average Bonchev–Trinajstić information content (AvgIpc) is 2.70. The molecule has 4 bridgehead atoms. The number of fused-ring (bicyclic) bond motifs is 1. The minimum absolute atomic E-state index is 0.0936. The van der Waals surface area contributed by atoms with Crippen LogP contribution < -0.4 is 10.9 Å². The molecular weight excluding hydrogens is 394 g/mol. The second-order valence-electron chi connectivity index (χ2n) is 9.92. The summed E-state index contributed by atoms with van der Waals surface area (Å²) in [6.45, 7) is 1.63. The van der Waals surface area contributed by atoms with Crippen LogP contribution in [-0.2, 0) is 27.8 Å². The van der Waals surface area contributed by atoms with Gasteiger partial charge in [0.2, 0.25) is 0 Å². The van der Waals surface area contributed by atoms with E-state index >= 15 is 0 Å². The number of aromatic nitrogens is 2. The highest BCUT2D eigenvalue weighted by Gasteiger charge is 2.51. The SMILES string of the molecule is C[C@@H](OC(=O)Cc1nn(C)c(=O)c2ccccc12)C(=O)NC12CC3CC(CC(C3)C1)C2. The Hall–Kier alpha value is -2.70. The number of hydrogen-bond acceptors (Lipinski definition) is 5. The molecule has 1 atom stereocenters. The lowest BCUT2D eigenvalue weighted by Crippen LogP contribution is -2.61. The lowest BCUT2D eigenvalue weighted by molar-refractivity contribution is -0.156. The number of nitrogens with zero attached hydrogens (tertiary/aromatic N) is 2. The summed E-state index contributed by atoms with van der Waals surface area (Å²) in [5, 5.41) is 8.65. The third kappa shape index (κ3) is 3.75. The van der Waals surface area contributed by atoms with Crippen LogP contribution in [0.15, 0.2) is 29.1 Å². The fourth-order valence-corrected chi connectivity index (χ4v) is 6.56. The summed E-state index contributed by atoms with van der Waals surface area (Å²) in [7, 11) is 1.56. The van der Waals surface area contributed by atoms with Gasteiger partial charge in [0.15, 0.2) is 6.10 Å². The predicted molar refractivity (Wildman–Crippen MR) is 115 cm³/mol. The average molecular weight is 424 g/mol. The van der Waals surface area contributed by atoms with E-state index in [1.807, 2.05) is 0 Å². The molecule has 1 N–H and O–H groups in total. The molecular formula is C24H29N3O4. The Labute approximate surface area is 181 Å². The molecule has 4 fully saturated rings. The molecule has 4 aliphatic rings. The lowest BCUT2D eigenvalue weighted by Gasteiger charge is -2.57. The molecule has 1 amide bonds. The van der Waals surface area contributed by atoms with Gasteiger partial charge in [-0.25, -0.2) is 4.68 Å². The molecule has 1 aromatic heterocycles. The number of ether oxygens (including phenoxy) is 1. The maximum atomic E-state index is 12.9. The van der Waals surface area contributed by atoms with Crippen LogP contribution >= 0.6 is 0 Å². The topological polar surface area (TPSA) is 90.3 Å². The Morgan fingerprint density at radius 1 is 1.13 bits per heavy atom. The minimum Gasteiger partial charge on any atom is -0.452 e. The molecule has 7 nitrogen and oxygen atoms in total. The Kier molecular flexibility index (Phi) is 4.87. The molecule has 7 heteroatoms. The van der Waals surface area contributed by atoms with E-state index in [4.69, 9.17) is 4.74 Å². The van der Waals surface area contributed by atoms with Crippen LogP contribution in [0.2, 0.25) is 0 Å². The molecule has 2 aromatic rings. The highest BCUT2D eigenvalue weighted by atomic mass is 16.5. The standard InChI is InChI=1S/C24H29N3O4/c1-14(22(29)25-24-11-15-7-16(12-24)9-17(8-15)13-24)31-21(28)10-20-18-5-3-4-6-19(18)23(30)27(2)26-20/h3-6,14-17H,7-13H2,1-2H3,(H,25,29)/t14-,15?,16?,17?,24?/m1/s1. The molecule has 31 heavy (non-hydrogen) atoms. The van der Waals surface area contributed by atoms with E-state index in [1.165, 1.54) is 23.9 Å². The van der Waals surface area contributed by atoms with Crippen molar-refractivity contribution in [1.29, 1.82) is 0 Å². The fourth-order valence-electron chi connectivity index (χ4n) is 6.56. The number of amides is 1. The normalized spacial score (nSPS) is 29.7. The Morgan fingerprint density at radius 2 is 1.71 bits per heavy atom. The number of benzene rings is 1. The van der Waals surface area contributed by atoms with E-state index in [0.717, 1.165) is 37.0 Å². The molecule has 0 radical (unpaired) electrons. The predicted octanol–water partition coefficient (Wildman–Crippen LogP) is 2.49. The van der Waals surface area contributed by atoms with Crippen LogP contribution in [0.25, 0.3) is 10.8 Å². The maximum absolute atomic E-state index is 12.9. The first-order valence-electron chi connectivity index (χ1n) is 11.3. The molecule has 1 heterocycles. The van der Waals surface area contributed by atoms with Crippen LogP contribution in [0.4, 0.5) is 0 Å². The number of carbonyl (C=O) groups excluding carboxylic acids is 2. The van der Waals surface area contributed by atoms with E-state index in [9.17, 15) is 14.4 Å². The summed E-state index contributed by atoms with van der Waals surface area (Å²) in [5.41, 5.74) is 0.148. The van der Waals surface area contributed by atoms with Crippen molar-refractivity contribution in [2.45, 2.75) is 63.5 Å². The molecule has 0 spiro atoms. The van der Waals surface area contributed by atoms with Gasteiger partial charge in [0.1, 0.15) is 0 Å². The van der Waals surface area contributed by atoms with E-state index < -0.39 is 12.1 Å². The van der Waals surface area contributed by atoms with Crippen LogP contribution in [0.3, 0.4) is 0 Å². The monoisotopic (exact) mass is 423 g/mol. The molecule has 164 valence electrons. The van der Waals surface area contributed by atoms with Gasteiger partial charge in [0.25, 0.3) is 11.5 Å². The number of carbonyl (C=O) groups is 2. The van der Waals surface area contributed by atoms with Gasteiger partial charge in [-0.1, -0.05) is 18.2 Å². The second kappa shape index (κ2) is 7.46. The van der Waals surface area contributed by atoms with Crippen molar-refractivity contribution >= 4 is 22.6 Å². The first kappa shape index (κ1) is 20.2. The molecule has 6 rings (SSSR count). The fraction of sp³-hybridized carbons (Fsp3) is 0.583. The van der Waals surface area contributed by atoms with Crippen molar-refractivity contribution in [3.05, 3.63) is 40.3 Å². The number of aryl methyl sites for hydroxylation is 1. The number of hydrogen-bond donors (Lipinski definition) is 1. The molecule has 0 unspecified atom stereocenters. The van der Waals surface area contributed by atoms with Crippen LogP contribution in [0.1, 0.15) is 51.1 Å². The van der Waals surface area contributed by atoms with Gasteiger partial charge in [-0.15, -0.1) is 0 Å². The first-order valence-corrected chi connectivity index (χ1v) is 11.3. The highest BCUT2D eigenvalue weighted by molar-refractivity contribution is 5.88.